The molecule has 0 bridgehead atoms. The number of aromatic nitrogens is 2. The minimum absolute atomic E-state index is 0.701. The molecule has 98 heavy (non-hydrogen) atoms. The fourth-order valence-corrected chi connectivity index (χ4v) is 13.7. The van der Waals surface area contributed by atoms with E-state index in [0.717, 1.165) is 71.1 Å². The first-order valence-corrected chi connectivity index (χ1v) is 34.5. The molecule has 6 heteroatoms. The van der Waals surface area contributed by atoms with Crippen molar-refractivity contribution < 1.29 is 9.47 Å². The van der Waals surface area contributed by atoms with Crippen LogP contribution in [0.4, 0.5) is 28.4 Å². The number of aryl methyl sites for hydroxylation is 3. The van der Waals surface area contributed by atoms with Crippen LogP contribution >= 0.6 is 0 Å². The second-order valence-electron chi connectivity index (χ2n) is 25.5. The quantitative estimate of drug-likeness (QED) is 0.0851. The summed E-state index contributed by atoms with van der Waals surface area (Å²) in [4.78, 5) is 4.51. The summed E-state index contributed by atoms with van der Waals surface area (Å²) in [5, 5.41) is 9.94. The first-order valence-electron chi connectivity index (χ1n) is 34.5. The molecule has 0 aliphatic heterocycles. The maximum absolute atomic E-state index is 6.47. The second kappa shape index (κ2) is 29.2. The van der Waals surface area contributed by atoms with Gasteiger partial charge in [0.2, 0.25) is 0 Å². The van der Waals surface area contributed by atoms with Gasteiger partial charge in [0.05, 0.1) is 35.3 Å². The standard InChI is InChI=1S/C36H38O2.C31H24N2.C25H20N2/c1-5-7-20-37-33-18-14-29-23-26(4)12-16-31(29)35(33)36-32-17-13-28(27-11-9-10-25(3)22-27)24-30(32)15-19-34(36)38-21-8-6-2;1-23-10-9-13-27(22-23)32(24-11-3-2-4-12-24)25-18-20-26(21-19-25)33-30-16-7-5-14-28(30)29-15-6-8-17-31(29)33;1-26(19-9-3-2-4-10-19)20-15-17-21(18-16-20)27-24-13-7-5-11-22(24)23-12-6-8-14-25(23)27/h9-19,22-24H,5-8,20-21H2,1-4H3;2-22H,1H3;2-18H,1H3. The molecule has 0 radical (unpaired) electrons. The van der Waals surface area contributed by atoms with E-state index in [1.165, 1.54) is 110 Å². The minimum Gasteiger partial charge on any atom is -0.493 e. The normalized spacial score (nSPS) is 11.2. The smallest absolute Gasteiger partial charge is 0.127 e. The summed E-state index contributed by atoms with van der Waals surface area (Å²) in [6, 6.07) is 113. The minimum atomic E-state index is 0.701. The van der Waals surface area contributed by atoms with Gasteiger partial charge >= 0.3 is 0 Å². The van der Waals surface area contributed by atoms with E-state index < -0.39 is 0 Å². The van der Waals surface area contributed by atoms with Crippen molar-refractivity contribution in [3.8, 4) is 45.1 Å². The number of ether oxygens (including phenoxy) is 2. The van der Waals surface area contributed by atoms with Crippen LogP contribution in [-0.2, 0) is 0 Å². The number of fused-ring (bicyclic) bond motifs is 8. The summed E-state index contributed by atoms with van der Waals surface area (Å²) in [5.74, 6) is 1.84. The lowest BCUT2D eigenvalue weighted by molar-refractivity contribution is 0.306. The molecule has 482 valence electrons. The van der Waals surface area contributed by atoms with Gasteiger partial charge in [-0.05, 0) is 199 Å². The molecule has 0 saturated carbocycles. The zero-order chi connectivity index (χ0) is 66.9. The highest BCUT2D eigenvalue weighted by atomic mass is 16.5. The van der Waals surface area contributed by atoms with E-state index in [2.05, 4.69) is 370 Å². The van der Waals surface area contributed by atoms with E-state index in [1.807, 2.05) is 6.07 Å². The summed E-state index contributed by atoms with van der Waals surface area (Å²) in [7, 11) is 2.10. The molecule has 0 N–H and O–H groups in total. The van der Waals surface area contributed by atoms with Crippen LogP contribution in [0.15, 0.2) is 315 Å². The van der Waals surface area contributed by atoms with Crippen molar-refractivity contribution in [2.75, 3.05) is 30.1 Å². The van der Waals surface area contributed by atoms with Crippen molar-refractivity contribution in [3.63, 3.8) is 0 Å². The van der Waals surface area contributed by atoms with Gasteiger partial charge in [-0.2, -0.15) is 0 Å². The SMILES string of the molecule is CCCCOc1ccc2cc(C)ccc2c1-c1c(OCCCC)ccc2cc(-c3cccc(C)c3)ccc12.CN(c1ccccc1)c1ccc(-n2c3ccccc3c3ccccc32)cc1.Cc1cccc(N(c2ccccc2)c2ccc(-n3c4ccccc4c4ccccc43)cc2)c1. The second-order valence-corrected chi connectivity index (χ2v) is 25.5. The van der Waals surface area contributed by atoms with Gasteiger partial charge < -0.3 is 28.4 Å². The largest absolute Gasteiger partial charge is 0.493 e. The van der Waals surface area contributed by atoms with Crippen LogP contribution in [0.2, 0.25) is 0 Å². The molecule has 0 atom stereocenters. The molecular formula is C92H82N4O2. The van der Waals surface area contributed by atoms with Gasteiger partial charge in [0, 0.05) is 79.5 Å². The molecule has 2 aromatic heterocycles. The molecule has 2 heterocycles. The number of rotatable bonds is 17. The average molecular weight is 1280 g/mol. The Balaban J connectivity index is 0.000000127. The van der Waals surface area contributed by atoms with Crippen LogP contribution in [0.25, 0.3) is 98.8 Å². The van der Waals surface area contributed by atoms with Crippen LogP contribution in [0.5, 0.6) is 11.5 Å². The van der Waals surface area contributed by atoms with E-state index >= 15 is 0 Å². The van der Waals surface area contributed by atoms with Crippen molar-refractivity contribution in [2.45, 2.75) is 60.3 Å². The monoisotopic (exact) mass is 1270 g/mol. The first kappa shape index (κ1) is 63.8. The van der Waals surface area contributed by atoms with E-state index in [0.29, 0.717) is 13.2 Å². The Morgan fingerprint density at radius 1 is 0.296 bits per heavy atom. The van der Waals surface area contributed by atoms with E-state index in [1.54, 1.807) is 0 Å². The van der Waals surface area contributed by atoms with Gasteiger partial charge in [0.15, 0.2) is 0 Å². The van der Waals surface area contributed by atoms with Crippen LogP contribution in [-0.4, -0.2) is 29.4 Å². The lowest BCUT2D eigenvalue weighted by atomic mass is 9.90. The maximum atomic E-state index is 6.47. The first-order chi connectivity index (χ1) is 48.2. The van der Waals surface area contributed by atoms with E-state index in [9.17, 15) is 0 Å². The van der Waals surface area contributed by atoms with Crippen LogP contribution in [0, 0.1) is 20.8 Å². The number of benzene rings is 14. The summed E-state index contributed by atoms with van der Waals surface area (Å²) in [6.07, 6.45) is 4.25. The topological polar surface area (TPSA) is 34.8 Å². The third-order valence-electron chi connectivity index (χ3n) is 18.7. The Hall–Kier alpha value is -11.6. The predicted molar refractivity (Wildman–Crippen MR) is 418 cm³/mol. The van der Waals surface area contributed by atoms with E-state index in [-0.39, 0.29) is 0 Å². The molecule has 0 unspecified atom stereocenters. The summed E-state index contributed by atoms with van der Waals surface area (Å²) in [6.45, 7) is 12.2. The van der Waals surface area contributed by atoms with Gasteiger partial charge in [-0.15, -0.1) is 0 Å². The van der Waals surface area contributed by atoms with Crippen LogP contribution in [0.3, 0.4) is 0 Å². The number of unbranched alkanes of at least 4 members (excludes halogenated alkanes) is 2. The molecule has 0 amide bonds. The molecule has 14 aromatic carbocycles. The van der Waals surface area contributed by atoms with Gasteiger partial charge in [0.1, 0.15) is 11.5 Å². The molecule has 0 aliphatic carbocycles. The zero-order valence-corrected chi connectivity index (χ0v) is 56.9. The predicted octanol–water partition coefficient (Wildman–Crippen LogP) is 25.4. The van der Waals surface area contributed by atoms with Crippen LogP contribution in [0.1, 0.15) is 56.2 Å². The Morgan fingerprint density at radius 3 is 1.17 bits per heavy atom. The molecule has 0 aliphatic rings. The molecule has 0 saturated heterocycles. The average Bonchev–Trinajstić information content (AvgIpc) is 1.34. The van der Waals surface area contributed by atoms with Gasteiger partial charge in [-0.25, -0.2) is 0 Å². The maximum Gasteiger partial charge on any atom is 0.127 e. The third-order valence-corrected chi connectivity index (χ3v) is 18.7. The fourth-order valence-electron chi connectivity index (χ4n) is 13.7. The molecular weight excluding hydrogens is 1190 g/mol. The number of anilines is 5. The molecule has 0 spiro atoms. The molecule has 6 nitrogen and oxygen atoms in total. The highest BCUT2D eigenvalue weighted by Crippen LogP contribution is 2.47. The van der Waals surface area contributed by atoms with Gasteiger partial charge in [-0.3, -0.25) is 0 Å². The van der Waals surface area contributed by atoms with Crippen molar-refractivity contribution in [1.29, 1.82) is 0 Å². The zero-order valence-electron chi connectivity index (χ0n) is 56.9. The number of hydrogen-bond donors (Lipinski definition) is 0. The van der Waals surface area contributed by atoms with Crippen molar-refractivity contribution in [3.05, 3.63) is 332 Å². The number of hydrogen-bond acceptors (Lipinski definition) is 4. The lowest BCUT2D eigenvalue weighted by Gasteiger charge is -2.26. The molecule has 16 rings (SSSR count). The van der Waals surface area contributed by atoms with Gasteiger partial charge in [-0.1, -0.05) is 226 Å². The van der Waals surface area contributed by atoms with Crippen molar-refractivity contribution in [1.82, 2.24) is 9.13 Å². The van der Waals surface area contributed by atoms with Gasteiger partial charge in [0.25, 0.3) is 0 Å². The summed E-state index contributed by atoms with van der Waals surface area (Å²) in [5.41, 5.74) is 21.5. The third kappa shape index (κ3) is 13.3. The Kier molecular flexibility index (Phi) is 19.0. The molecule has 0 fully saturated rings. The number of para-hydroxylation sites is 6. The van der Waals surface area contributed by atoms with Crippen molar-refractivity contribution in [2.24, 2.45) is 0 Å². The Labute approximate surface area is 576 Å². The summed E-state index contributed by atoms with van der Waals surface area (Å²) < 4.78 is 17.6. The van der Waals surface area contributed by atoms with E-state index in [4.69, 9.17) is 9.47 Å². The molecule has 16 aromatic rings. The summed E-state index contributed by atoms with van der Waals surface area (Å²) >= 11 is 0. The highest BCUT2D eigenvalue weighted by Gasteiger charge is 2.21. The van der Waals surface area contributed by atoms with Crippen molar-refractivity contribution >= 4 is 93.6 Å². The van der Waals surface area contributed by atoms with Crippen LogP contribution < -0.4 is 19.3 Å². The highest BCUT2D eigenvalue weighted by molar-refractivity contribution is 6.12. The fraction of sp³-hybridized carbons (Fsp3) is 0.130. The Bertz CT molecular complexity index is 5310. The lowest BCUT2D eigenvalue weighted by Crippen LogP contribution is -2.10. The Morgan fingerprint density at radius 2 is 0.684 bits per heavy atom. The number of nitrogens with zero attached hydrogens (tertiary/aromatic N) is 4.